The zero-order valence-electron chi connectivity index (χ0n) is 27.9. The fraction of sp³-hybridized carbons (Fsp3) is 0.333. The second-order valence-electron chi connectivity index (χ2n) is 12.5. The lowest BCUT2D eigenvalue weighted by Crippen LogP contribution is -2.60. The van der Waals surface area contributed by atoms with E-state index in [9.17, 15) is 60.7 Å². The van der Waals surface area contributed by atoms with Gasteiger partial charge in [-0.15, -0.1) is 0 Å². The maximum absolute atomic E-state index is 14.0. The third-order valence-electron chi connectivity index (χ3n) is 8.73. The van der Waals surface area contributed by atoms with Crippen molar-refractivity contribution in [1.29, 1.82) is 0 Å². The maximum Gasteiger partial charge on any atom is 0.330 e. The van der Waals surface area contributed by atoms with Crippen LogP contribution in [0.15, 0.2) is 76.0 Å². The largest absolute Gasteiger partial charge is 0.508 e. The summed E-state index contributed by atoms with van der Waals surface area (Å²) in [6, 6.07) is 13.2. The number of benzene rings is 3. The van der Waals surface area contributed by atoms with Crippen molar-refractivity contribution in [3.63, 3.8) is 0 Å². The van der Waals surface area contributed by atoms with E-state index in [-0.39, 0.29) is 34.2 Å². The van der Waals surface area contributed by atoms with Gasteiger partial charge in [-0.1, -0.05) is 12.1 Å². The topological polar surface area (TPSA) is 296 Å². The summed E-state index contributed by atoms with van der Waals surface area (Å²) < 4.78 is 33.6. The molecule has 0 spiro atoms. The number of carbonyl (C=O) groups excluding carboxylic acids is 1. The van der Waals surface area contributed by atoms with Crippen LogP contribution in [0.25, 0.3) is 28.4 Å². The van der Waals surface area contributed by atoms with Crippen molar-refractivity contribution in [1.82, 2.24) is 0 Å². The van der Waals surface area contributed by atoms with Gasteiger partial charge in [-0.3, -0.25) is 4.79 Å². The molecule has 2 saturated heterocycles. The molecule has 0 unspecified atom stereocenters. The number of hydrogen-bond acceptors (Lipinski definition) is 18. The zero-order valence-corrected chi connectivity index (χ0v) is 27.9. The Kier molecular flexibility index (Phi) is 11.4. The average molecular weight is 757 g/mol. The highest BCUT2D eigenvalue weighted by Gasteiger charge is 2.47. The molecule has 0 saturated carbocycles. The molecule has 4 aromatic rings. The Balaban J connectivity index is 1.29. The van der Waals surface area contributed by atoms with Gasteiger partial charge in [0.2, 0.25) is 23.8 Å². The number of esters is 1. The molecule has 10 atom stereocenters. The zero-order chi connectivity index (χ0) is 38.8. The number of phenolic OH excluding ortho intramolecular Hbond substituents is 3. The van der Waals surface area contributed by atoms with Crippen LogP contribution in [-0.2, 0) is 19.0 Å². The SMILES string of the molecule is O=C(C=Cc1ccc(O)cc1)OC[C@@H]1O[C@H](Oc2c(-c3ccc(O)cc3)oc3cc(O[C@@H]4O[C@H](CO)[C@H](O)[C@@H](O)[C@@H]4O)cc(O)c3c2=O)[C@@H](O)[C@H](O)[C@H]1O. The first kappa shape index (κ1) is 38.4. The lowest BCUT2D eigenvalue weighted by molar-refractivity contribution is -0.278. The van der Waals surface area contributed by atoms with Gasteiger partial charge in [-0.05, 0) is 48.0 Å². The van der Waals surface area contributed by atoms with Crippen molar-refractivity contribution in [2.24, 2.45) is 0 Å². The van der Waals surface area contributed by atoms with E-state index in [1.807, 2.05) is 0 Å². The highest BCUT2D eigenvalue weighted by Crippen LogP contribution is 2.38. The minimum atomic E-state index is -1.98. The van der Waals surface area contributed by atoms with Crippen LogP contribution in [0.3, 0.4) is 0 Å². The van der Waals surface area contributed by atoms with Crippen LogP contribution in [-0.4, -0.2) is 132 Å². The number of aliphatic hydroxyl groups excluding tert-OH is 7. The lowest BCUT2D eigenvalue weighted by atomic mass is 9.99. The molecule has 2 aliphatic heterocycles. The highest BCUT2D eigenvalue weighted by molar-refractivity contribution is 5.88. The standard InChI is InChI=1S/C36H36O18/c37-13-22-26(42)29(45)31(47)35(52-22)50-19-11-20(40)25-21(12-19)51-33(16-4-8-18(39)9-5-16)34(28(25)44)54-36-32(48)30(46)27(43)23(53-36)14-49-24(41)10-3-15-1-6-17(38)7-2-15/h1-12,22-23,26-27,29-32,35-40,42-43,45-48H,13-14H2/t22-,23+,26+,27+,29-,30-,31+,32+,35-,36-/m1/s1. The van der Waals surface area contributed by atoms with Gasteiger partial charge in [0.25, 0.3) is 0 Å². The fourth-order valence-corrected chi connectivity index (χ4v) is 5.76. The molecular weight excluding hydrogens is 720 g/mol. The number of phenols is 3. The van der Waals surface area contributed by atoms with E-state index in [4.69, 9.17) is 28.1 Å². The lowest BCUT2D eigenvalue weighted by Gasteiger charge is -2.39. The van der Waals surface area contributed by atoms with Crippen LogP contribution in [0, 0.1) is 0 Å². The number of rotatable bonds is 10. The van der Waals surface area contributed by atoms with Gasteiger partial charge in [0, 0.05) is 23.8 Å². The molecule has 0 aliphatic carbocycles. The molecule has 3 heterocycles. The third kappa shape index (κ3) is 7.97. The second kappa shape index (κ2) is 16.0. The molecular formula is C36H36O18. The van der Waals surface area contributed by atoms with Gasteiger partial charge in [-0.2, -0.15) is 0 Å². The van der Waals surface area contributed by atoms with Crippen molar-refractivity contribution in [3.8, 4) is 40.1 Å². The predicted molar refractivity (Wildman–Crippen MR) is 181 cm³/mol. The Labute approximate surface area is 304 Å². The molecule has 2 fully saturated rings. The van der Waals surface area contributed by atoms with E-state index in [0.717, 1.165) is 18.2 Å². The Bertz CT molecular complexity index is 2030. The Hall–Kier alpha value is -5.28. The van der Waals surface area contributed by atoms with E-state index in [1.165, 1.54) is 42.5 Å². The second-order valence-corrected chi connectivity index (χ2v) is 12.5. The average Bonchev–Trinajstić information content (AvgIpc) is 3.15. The first-order chi connectivity index (χ1) is 25.7. The van der Waals surface area contributed by atoms with Gasteiger partial charge in [0.05, 0.1) is 6.61 Å². The van der Waals surface area contributed by atoms with Crippen LogP contribution in [0.5, 0.6) is 28.7 Å². The fourth-order valence-electron chi connectivity index (χ4n) is 5.76. The predicted octanol–water partition coefficient (Wildman–Crippen LogP) is -0.802. The Morgan fingerprint density at radius 1 is 0.722 bits per heavy atom. The Morgan fingerprint density at radius 2 is 1.30 bits per heavy atom. The summed E-state index contributed by atoms with van der Waals surface area (Å²) in [5.74, 6) is -2.99. The monoisotopic (exact) mass is 756 g/mol. The summed E-state index contributed by atoms with van der Waals surface area (Å²) in [6.07, 6.45) is -14.8. The number of carbonyl (C=O) groups is 1. The van der Waals surface area contributed by atoms with E-state index in [0.29, 0.717) is 5.56 Å². The molecule has 18 heteroatoms. The Morgan fingerprint density at radius 3 is 1.93 bits per heavy atom. The molecule has 288 valence electrons. The minimum absolute atomic E-state index is 0.0259. The van der Waals surface area contributed by atoms with Crippen molar-refractivity contribution in [3.05, 3.63) is 82.5 Å². The summed E-state index contributed by atoms with van der Waals surface area (Å²) in [4.78, 5) is 26.4. The van der Waals surface area contributed by atoms with Gasteiger partial charge in [-0.25, -0.2) is 4.79 Å². The quantitative estimate of drug-likeness (QED) is 0.0700. The van der Waals surface area contributed by atoms with Crippen molar-refractivity contribution in [2.75, 3.05) is 13.2 Å². The molecule has 0 bridgehead atoms. The van der Waals surface area contributed by atoms with Gasteiger partial charge in [0.1, 0.15) is 89.4 Å². The summed E-state index contributed by atoms with van der Waals surface area (Å²) in [5, 5.41) is 102. The van der Waals surface area contributed by atoms with E-state index < -0.39 is 103 Å². The van der Waals surface area contributed by atoms with Crippen LogP contribution >= 0.6 is 0 Å². The van der Waals surface area contributed by atoms with Crippen molar-refractivity contribution >= 4 is 23.0 Å². The van der Waals surface area contributed by atoms with Gasteiger partial charge >= 0.3 is 5.97 Å². The normalized spacial score (nSPS) is 28.6. The minimum Gasteiger partial charge on any atom is -0.508 e. The van der Waals surface area contributed by atoms with Gasteiger partial charge in [0.15, 0.2) is 5.76 Å². The van der Waals surface area contributed by atoms with E-state index in [1.54, 1.807) is 12.1 Å². The van der Waals surface area contributed by atoms with Crippen LogP contribution in [0.1, 0.15) is 5.56 Å². The van der Waals surface area contributed by atoms with E-state index in [2.05, 4.69) is 0 Å². The number of ether oxygens (including phenoxy) is 5. The molecule has 6 rings (SSSR count). The molecule has 3 aromatic carbocycles. The summed E-state index contributed by atoms with van der Waals surface area (Å²) in [5.41, 5.74) is -0.665. The van der Waals surface area contributed by atoms with E-state index >= 15 is 0 Å². The summed E-state index contributed by atoms with van der Waals surface area (Å²) >= 11 is 0. The number of hydrogen-bond donors (Lipinski definition) is 10. The first-order valence-corrected chi connectivity index (χ1v) is 16.4. The summed E-state index contributed by atoms with van der Waals surface area (Å²) in [7, 11) is 0. The molecule has 54 heavy (non-hydrogen) atoms. The van der Waals surface area contributed by atoms with Crippen LogP contribution in [0.2, 0.25) is 0 Å². The number of aromatic hydroxyl groups is 3. The van der Waals surface area contributed by atoms with Crippen LogP contribution < -0.4 is 14.9 Å². The molecule has 2 aliphatic rings. The number of fused-ring (bicyclic) bond motifs is 1. The van der Waals surface area contributed by atoms with Crippen molar-refractivity contribution < 1.29 is 84.0 Å². The third-order valence-corrected chi connectivity index (χ3v) is 8.73. The first-order valence-electron chi connectivity index (χ1n) is 16.4. The number of aliphatic hydroxyl groups is 7. The smallest absolute Gasteiger partial charge is 0.330 e. The molecule has 1 aromatic heterocycles. The highest BCUT2D eigenvalue weighted by atomic mass is 16.7. The van der Waals surface area contributed by atoms with Crippen LogP contribution in [0.4, 0.5) is 0 Å². The summed E-state index contributed by atoms with van der Waals surface area (Å²) in [6.45, 7) is -1.37. The molecule has 0 amide bonds. The molecule has 18 nitrogen and oxygen atoms in total. The van der Waals surface area contributed by atoms with Crippen molar-refractivity contribution in [2.45, 2.75) is 61.4 Å². The molecule has 10 N–H and O–H groups in total. The maximum atomic E-state index is 14.0. The van der Waals surface area contributed by atoms with Gasteiger partial charge < -0.3 is 79.2 Å². The molecule has 0 radical (unpaired) electrons.